The van der Waals surface area contributed by atoms with Gasteiger partial charge in [0.1, 0.15) is 5.75 Å². The second kappa shape index (κ2) is 7.64. The zero-order valence-electron chi connectivity index (χ0n) is 14.3. The van der Waals surface area contributed by atoms with Crippen LogP contribution in [0.2, 0.25) is 0 Å². The molecule has 0 amide bonds. The van der Waals surface area contributed by atoms with Gasteiger partial charge in [-0.3, -0.25) is 0 Å². The maximum Gasteiger partial charge on any atom is 0.188 e. The fraction of sp³-hybridized carbons (Fsp3) is 0.350. The molecule has 25 heavy (non-hydrogen) atoms. The monoisotopic (exact) mass is 449 g/mol. The molecule has 0 radical (unpaired) electrons. The summed E-state index contributed by atoms with van der Waals surface area (Å²) in [5.74, 6) is 3.56. The normalized spacial score (nSPS) is 23.2. The van der Waals surface area contributed by atoms with Crippen molar-refractivity contribution < 1.29 is 4.74 Å². The van der Waals surface area contributed by atoms with Crippen molar-refractivity contribution in [2.24, 2.45) is 22.6 Å². The van der Waals surface area contributed by atoms with Crippen LogP contribution in [0.15, 0.2) is 53.5 Å². The summed E-state index contributed by atoms with van der Waals surface area (Å²) in [7, 11) is 1.67. The Morgan fingerprint density at radius 2 is 1.96 bits per heavy atom. The van der Waals surface area contributed by atoms with Crippen LogP contribution in [-0.4, -0.2) is 19.6 Å². The molecule has 0 bridgehead atoms. The molecule has 132 valence electrons. The van der Waals surface area contributed by atoms with E-state index < -0.39 is 0 Å². The van der Waals surface area contributed by atoms with Crippen molar-refractivity contribution in [2.75, 3.05) is 13.7 Å². The third-order valence-electron chi connectivity index (χ3n) is 5.33. The number of aliphatic imine (C=N–C) groups is 1. The van der Waals surface area contributed by atoms with Crippen LogP contribution in [0.1, 0.15) is 22.6 Å². The molecule has 1 saturated carbocycles. The largest absolute Gasteiger partial charge is 0.496 e. The fourth-order valence-electron chi connectivity index (χ4n) is 4.04. The van der Waals surface area contributed by atoms with Crippen LogP contribution in [0, 0.1) is 11.8 Å². The Balaban J connectivity index is 0.00000182. The van der Waals surface area contributed by atoms with E-state index in [2.05, 4.69) is 34.6 Å². The average Bonchev–Trinajstić information content (AvgIpc) is 3.16. The van der Waals surface area contributed by atoms with Crippen molar-refractivity contribution in [2.45, 2.75) is 18.9 Å². The van der Waals surface area contributed by atoms with E-state index in [1.807, 2.05) is 24.3 Å². The first-order valence-electron chi connectivity index (χ1n) is 8.51. The van der Waals surface area contributed by atoms with Crippen molar-refractivity contribution in [1.82, 2.24) is 5.32 Å². The first-order chi connectivity index (χ1) is 11.8. The van der Waals surface area contributed by atoms with E-state index in [-0.39, 0.29) is 24.0 Å². The number of nitrogens with one attached hydrogen (secondary N) is 1. The van der Waals surface area contributed by atoms with Crippen LogP contribution in [-0.2, 0) is 13.0 Å². The second-order valence-corrected chi connectivity index (χ2v) is 6.65. The summed E-state index contributed by atoms with van der Waals surface area (Å²) in [6.45, 7) is 1.44. The van der Waals surface area contributed by atoms with E-state index >= 15 is 0 Å². The lowest BCUT2D eigenvalue weighted by atomic mass is 10.0. The van der Waals surface area contributed by atoms with E-state index in [1.165, 1.54) is 12.0 Å². The van der Waals surface area contributed by atoms with Gasteiger partial charge in [0.2, 0.25) is 0 Å². The molecule has 0 saturated heterocycles. The van der Waals surface area contributed by atoms with Gasteiger partial charge in [0.05, 0.1) is 13.7 Å². The lowest BCUT2D eigenvalue weighted by molar-refractivity contribution is 0.410. The number of nitrogens with zero attached hydrogens (tertiary/aromatic N) is 1. The second-order valence-electron chi connectivity index (χ2n) is 6.65. The van der Waals surface area contributed by atoms with Crippen LogP contribution < -0.4 is 15.8 Å². The van der Waals surface area contributed by atoms with Gasteiger partial charge in [-0.2, -0.15) is 0 Å². The minimum absolute atomic E-state index is 0. The Bertz CT molecular complexity index is 777. The lowest BCUT2D eigenvalue weighted by Crippen LogP contribution is -2.33. The quantitative estimate of drug-likeness (QED) is 0.419. The van der Waals surface area contributed by atoms with Gasteiger partial charge in [-0.25, -0.2) is 4.99 Å². The number of benzene rings is 2. The maximum absolute atomic E-state index is 6.03. The molecule has 0 aliphatic heterocycles. The molecule has 3 atom stereocenters. The number of fused-ring (bicyclic) bond motifs is 3. The van der Waals surface area contributed by atoms with Crippen molar-refractivity contribution in [3.05, 3.63) is 65.2 Å². The Hall–Kier alpha value is -1.76. The highest BCUT2D eigenvalue weighted by atomic mass is 127. The smallest absolute Gasteiger partial charge is 0.188 e. The molecular formula is C20H24IN3O. The molecule has 3 N–H and O–H groups in total. The molecule has 4 rings (SSSR count). The van der Waals surface area contributed by atoms with Crippen LogP contribution in [0.4, 0.5) is 0 Å². The topological polar surface area (TPSA) is 59.6 Å². The maximum atomic E-state index is 6.03. The summed E-state index contributed by atoms with van der Waals surface area (Å²) in [6, 6.07) is 16.7. The molecule has 1 fully saturated rings. The van der Waals surface area contributed by atoms with E-state index in [1.54, 1.807) is 12.7 Å². The predicted molar refractivity (Wildman–Crippen MR) is 112 cm³/mol. The Morgan fingerprint density at radius 1 is 1.20 bits per heavy atom. The molecule has 2 aliphatic rings. The van der Waals surface area contributed by atoms with Gasteiger partial charge in [0.15, 0.2) is 5.96 Å². The first-order valence-corrected chi connectivity index (χ1v) is 8.51. The summed E-state index contributed by atoms with van der Waals surface area (Å²) in [4.78, 5) is 4.44. The van der Waals surface area contributed by atoms with E-state index in [0.717, 1.165) is 29.7 Å². The minimum Gasteiger partial charge on any atom is -0.496 e. The number of methoxy groups -OCH3 is 1. The van der Waals surface area contributed by atoms with Gasteiger partial charge in [0, 0.05) is 12.1 Å². The molecule has 2 aliphatic carbocycles. The van der Waals surface area contributed by atoms with Crippen LogP contribution in [0.3, 0.4) is 0 Å². The van der Waals surface area contributed by atoms with E-state index in [4.69, 9.17) is 10.5 Å². The zero-order chi connectivity index (χ0) is 16.5. The Labute approximate surface area is 165 Å². The van der Waals surface area contributed by atoms with Gasteiger partial charge in [-0.1, -0.05) is 42.5 Å². The van der Waals surface area contributed by atoms with Gasteiger partial charge in [-0.15, -0.1) is 24.0 Å². The number of hydrogen-bond donors (Lipinski definition) is 2. The lowest BCUT2D eigenvalue weighted by Gasteiger charge is -2.10. The van der Waals surface area contributed by atoms with E-state index in [9.17, 15) is 0 Å². The fourth-order valence-corrected chi connectivity index (χ4v) is 4.04. The van der Waals surface area contributed by atoms with Crippen molar-refractivity contribution >= 4 is 29.9 Å². The molecule has 2 aromatic carbocycles. The molecule has 5 heteroatoms. The summed E-state index contributed by atoms with van der Waals surface area (Å²) >= 11 is 0. The molecular weight excluding hydrogens is 425 g/mol. The number of guanidine groups is 1. The molecule has 0 heterocycles. The average molecular weight is 449 g/mol. The number of para-hydroxylation sites is 1. The number of nitrogens with two attached hydrogens (primary N) is 1. The van der Waals surface area contributed by atoms with Crippen molar-refractivity contribution in [3.8, 4) is 5.75 Å². The van der Waals surface area contributed by atoms with Gasteiger partial charge in [0.25, 0.3) is 0 Å². The number of hydrogen-bond acceptors (Lipinski definition) is 2. The molecule has 3 unspecified atom stereocenters. The van der Waals surface area contributed by atoms with Gasteiger partial charge >= 0.3 is 0 Å². The zero-order valence-corrected chi connectivity index (χ0v) is 16.6. The SMILES string of the molecule is COc1ccccc1CN=C(N)NCC1C2Cc3ccccc3C12.I. The third-order valence-corrected chi connectivity index (χ3v) is 5.33. The minimum atomic E-state index is 0. The standard InChI is InChI=1S/C20H23N3O.HI/c1-24-18-9-5-3-7-14(18)11-22-20(21)23-12-17-16-10-13-6-2-4-8-15(13)19(16)17;/h2-9,16-17,19H,10-12H2,1H3,(H3,21,22,23);1H. The number of rotatable bonds is 5. The predicted octanol–water partition coefficient (Wildman–Crippen LogP) is 3.30. The summed E-state index contributed by atoms with van der Waals surface area (Å²) in [5.41, 5.74) is 10.1. The highest BCUT2D eigenvalue weighted by molar-refractivity contribution is 14.0. The molecule has 0 aromatic heterocycles. The Morgan fingerprint density at radius 3 is 2.80 bits per heavy atom. The van der Waals surface area contributed by atoms with Crippen LogP contribution >= 0.6 is 24.0 Å². The van der Waals surface area contributed by atoms with Crippen molar-refractivity contribution in [3.63, 3.8) is 0 Å². The first kappa shape index (κ1) is 18.0. The number of ether oxygens (including phenoxy) is 1. The third kappa shape index (κ3) is 3.61. The highest BCUT2D eigenvalue weighted by Gasteiger charge is 2.54. The highest BCUT2D eigenvalue weighted by Crippen LogP contribution is 2.60. The Kier molecular flexibility index (Phi) is 5.51. The molecule has 0 spiro atoms. The summed E-state index contributed by atoms with van der Waals surface area (Å²) < 4.78 is 5.34. The summed E-state index contributed by atoms with van der Waals surface area (Å²) in [6.07, 6.45) is 1.21. The van der Waals surface area contributed by atoms with E-state index in [0.29, 0.717) is 18.4 Å². The van der Waals surface area contributed by atoms with Crippen LogP contribution in [0.25, 0.3) is 0 Å². The summed E-state index contributed by atoms with van der Waals surface area (Å²) in [5, 5.41) is 3.30. The van der Waals surface area contributed by atoms with Gasteiger partial charge < -0.3 is 15.8 Å². The molecule has 2 aromatic rings. The van der Waals surface area contributed by atoms with Crippen molar-refractivity contribution in [1.29, 1.82) is 0 Å². The molecule has 4 nitrogen and oxygen atoms in total. The number of halogens is 1. The van der Waals surface area contributed by atoms with Gasteiger partial charge in [-0.05, 0) is 41.4 Å². The van der Waals surface area contributed by atoms with Crippen LogP contribution in [0.5, 0.6) is 5.75 Å².